The summed E-state index contributed by atoms with van der Waals surface area (Å²) in [5, 5.41) is 34.9. The van der Waals surface area contributed by atoms with E-state index in [1.807, 2.05) is 0 Å². The lowest BCUT2D eigenvalue weighted by molar-refractivity contribution is -0.142. The van der Waals surface area contributed by atoms with Gasteiger partial charge < -0.3 is 37.0 Å². The maximum Gasteiger partial charge on any atom is 0.326 e. The number of nitrogens with one attached hydrogen (secondary N) is 3. The van der Waals surface area contributed by atoms with Gasteiger partial charge in [-0.25, -0.2) is 4.79 Å². The van der Waals surface area contributed by atoms with Crippen molar-refractivity contribution in [3.05, 3.63) is 29.8 Å². The van der Waals surface area contributed by atoms with Crippen LogP contribution in [0.5, 0.6) is 5.75 Å². The molecule has 0 saturated heterocycles. The number of hydrogen-bond acceptors (Lipinski definition) is 8. The van der Waals surface area contributed by atoms with Crippen LogP contribution in [0.15, 0.2) is 24.3 Å². The average molecular weight is 527 g/mol. The highest BCUT2D eigenvalue weighted by atomic mass is 32.1. The minimum absolute atomic E-state index is 0.0168. The number of rotatable bonds is 15. The molecule has 1 rings (SSSR count). The molecule has 0 aliphatic heterocycles. The van der Waals surface area contributed by atoms with Crippen molar-refractivity contribution < 1.29 is 39.3 Å². The smallest absolute Gasteiger partial charge is 0.326 e. The molecule has 0 aliphatic rings. The fourth-order valence-electron chi connectivity index (χ4n) is 3.23. The van der Waals surface area contributed by atoms with E-state index in [1.165, 1.54) is 12.1 Å². The number of hydrogen-bond donors (Lipinski definition) is 8. The third-order valence-corrected chi connectivity index (χ3v) is 5.51. The Kier molecular flexibility index (Phi) is 12.7. The van der Waals surface area contributed by atoms with E-state index in [-0.39, 0.29) is 36.7 Å². The average Bonchev–Trinajstić information content (AvgIpc) is 2.80. The number of carboxylic acid groups (broad SMARTS) is 2. The number of thiol groups is 1. The number of benzene rings is 1. The van der Waals surface area contributed by atoms with Crippen molar-refractivity contribution in [2.75, 3.05) is 5.75 Å². The molecular formula is C23H34N4O8S. The van der Waals surface area contributed by atoms with E-state index in [1.54, 1.807) is 26.0 Å². The molecule has 1 aromatic carbocycles. The first-order chi connectivity index (χ1) is 16.8. The molecular weight excluding hydrogens is 492 g/mol. The zero-order valence-electron chi connectivity index (χ0n) is 20.1. The monoisotopic (exact) mass is 526 g/mol. The molecule has 13 heteroatoms. The molecule has 0 bridgehead atoms. The van der Waals surface area contributed by atoms with Gasteiger partial charge in [-0.2, -0.15) is 12.6 Å². The summed E-state index contributed by atoms with van der Waals surface area (Å²) >= 11 is 4.05. The summed E-state index contributed by atoms with van der Waals surface area (Å²) in [5.41, 5.74) is 6.59. The van der Waals surface area contributed by atoms with Crippen molar-refractivity contribution >= 4 is 42.3 Å². The van der Waals surface area contributed by atoms with Crippen LogP contribution in [-0.4, -0.2) is 74.9 Å². The van der Waals surface area contributed by atoms with Gasteiger partial charge in [0, 0.05) is 12.2 Å². The highest BCUT2D eigenvalue weighted by Crippen LogP contribution is 2.11. The van der Waals surface area contributed by atoms with Gasteiger partial charge in [-0.05, 0) is 42.9 Å². The van der Waals surface area contributed by atoms with Crippen LogP contribution in [-0.2, 0) is 30.4 Å². The summed E-state index contributed by atoms with van der Waals surface area (Å²) in [6.07, 6.45) is -0.457. The third-order valence-electron chi connectivity index (χ3n) is 5.15. The predicted molar refractivity (Wildman–Crippen MR) is 133 cm³/mol. The molecule has 12 nitrogen and oxygen atoms in total. The zero-order valence-corrected chi connectivity index (χ0v) is 21.0. The van der Waals surface area contributed by atoms with E-state index in [9.17, 15) is 34.2 Å². The van der Waals surface area contributed by atoms with E-state index in [4.69, 9.17) is 10.8 Å². The first kappa shape index (κ1) is 30.7. The van der Waals surface area contributed by atoms with Crippen molar-refractivity contribution in [2.24, 2.45) is 11.7 Å². The largest absolute Gasteiger partial charge is 0.508 e. The van der Waals surface area contributed by atoms with E-state index < -0.39 is 60.2 Å². The van der Waals surface area contributed by atoms with Crippen molar-refractivity contribution in [3.63, 3.8) is 0 Å². The number of carbonyl (C=O) groups is 5. The maximum absolute atomic E-state index is 12.9. The summed E-state index contributed by atoms with van der Waals surface area (Å²) in [5.74, 6) is -4.91. The Bertz CT molecular complexity index is 925. The Morgan fingerprint density at radius 1 is 0.889 bits per heavy atom. The molecule has 0 aliphatic carbocycles. The Morgan fingerprint density at radius 2 is 1.42 bits per heavy atom. The number of phenolic OH excluding ortho intramolecular Hbond substituents is 1. The fourth-order valence-corrected chi connectivity index (χ4v) is 3.48. The molecule has 0 saturated carbocycles. The lowest BCUT2D eigenvalue weighted by Gasteiger charge is -2.24. The number of aliphatic carboxylic acids is 2. The van der Waals surface area contributed by atoms with Gasteiger partial charge in [0.25, 0.3) is 0 Å². The standard InChI is InChI=1S/C23H34N4O8S/c1-12(2)9-17(23(34)35)26-22(33)18(11-36)27-21(32)16(7-8-19(29)30)25-20(31)15(24)10-13-3-5-14(28)6-4-13/h3-6,12,15-18,28,36H,7-11,24H2,1-2H3,(H,25,31)(H,26,33)(H,27,32)(H,29,30)(H,34,35). The summed E-state index contributed by atoms with van der Waals surface area (Å²) in [6.45, 7) is 3.59. The second-order valence-corrected chi connectivity index (χ2v) is 9.11. The molecule has 0 aromatic heterocycles. The molecule has 4 unspecified atom stereocenters. The Labute approximate surface area is 214 Å². The molecule has 1 aromatic rings. The van der Waals surface area contributed by atoms with Gasteiger partial charge in [-0.15, -0.1) is 0 Å². The van der Waals surface area contributed by atoms with Crippen molar-refractivity contribution in [2.45, 2.75) is 63.7 Å². The minimum atomic E-state index is -1.32. The zero-order chi connectivity index (χ0) is 27.4. The Hall–Kier alpha value is -3.32. The number of aromatic hydroxyl groups is 1. The van der Waals surface area contributed by atoms with E-state index in [0.29, 0.717) is 5.56 Å². The molecule has 0 radical (unpaired) electrons. The first-order valence-corrected chi connectivity index (χ1v) is 12.0. The first-order valence-electron chi connectivity index (χ1n) is 11.3. The van der Waals surface area contributed by atoms with Crippen LogP contribution < -0.4 is 21.7 Å². The second-order valence-electron chi connectivity index (χ2n) is 8.74. The van der Waals surface area contributed by atoms with Crippen LogP contribution in [0.1, 0.15) is 38.7 Å². The molecule has 3 amide bonds. The van der Waals surface area contributed by atoms with Gasteiger partial charge >= 0.3 is 11.9 Å². The van der Waals surface area contributed by atoms with E-state index in [0.717, 1.165) is 0 Å². The van der Waals surface area contributed by atoms with Crippen LogP contribution in [0, 0.1) is 5.92 Å². The highest BCUT2D eigenvalue weighted by Gasteiger charge is 2.30. The molecule has 0 spiro atoms. The van der Waals surface area contributed by atoms with Gasteiger partial charge in [-0.3, -0.25) is 19.2 Å². The quantitative estimate of drug-likeness (QED) is 0.140. The van der Waals surface area contributed by atoms with Gasteiger partial charge in [0.05, 0.1) is 6.04 Å². The lowest BCUT2D eigenvalue weighted by Crippen LogP contribution is -2.58. The second kappa shape index (κ2) is 14.9. The maximum atomic E-state index is 12.9. The SMILES string of the molecule is CC(C)CC(NC(=O)C(CS)NC(=O)C(CCC(=O)O)NC(=O)C(N)Cc1ccc(O)cc1)C(=O)O. The topological polar surface area (TPSA) is 208 Å². The Morgan fingerprint density at radius 3 is 1.92 bits per heavy atom. The van der Waals surface area contributed by atoms with E-state index >= 15 is 0 Å². The molecule has 200 valence electrons. The number of amides is 3. The molecule has 0 fully saturated rings. The van der Waals surface area contributed by atoms with Gasteiger partial charge in [0.2, 0.25) is 17.7 Å². The van der Waals surface area contributed by atoms with Crippen molar-refractivity contribution in [1.82, 2.24) is 16.0 Å². The summed E-state index contributed by atoms with van der Waals surface area (Å²) in [4.78, 5) is 60.6. The highest BCUT2D eigenvalue weighted by molar-refractivity contribution is 7.80. The summed E-state index contributed by atoms with van der Waals surface area (Å²) < 4.78 is 0. The number of nitrogens with two attached hydrogens (primary N) is 1. The number of phenols is 1. The van der Waals surface area contributed by atoms with Gasteiger partial charge in [-0.1, -0.05) is 26.0 Å². The number of carboxylic acids is 2. The van der Waals surface area contributed by atoms with Crippen molar-refractivity contribution in [3.8, 4) is 5.75 Å². The van der Waals surface area contributed by atoms with Gasteiger partial charge in [0.15, 0.2) is 0 Å². The summed E-state index contributed by atoms with van der Waals surface area (Å²) in [7, 11) is 0. The molecule has 36 heavy (non-hydrogen) atoms. The summed E-state index contributed by atoms with van der Waals surface area (Å²) in [6, 6.07) is 1.23. The van der Waals surface area contributed by atoms with Crippen LogP contribution in [0.25, 0.3) is 0 Å². The Balaban J connectivity index is 2.89. The van der Waals surface area contributed by atoms with Gasteiger partial charge in [0.1, 0.15) is 23.9 Å². The molecule has 0 heterocycles. The van der Waals surface area contributed by atoms with E-state index in [2.05, 4.69) is 28.6 Å². The number of carbonyl (C=O) groups excluding carboxylic acids is 3. The van der Waals surface area contributed by atoms with Crippen LogP contribution in [0.3, 0.4) is 0 Å². The van der Waals surface area contributed by atoms with Crippen LogP contribution in [0.2, 0.25) is 0 Å². The van der Waals surface area contributed by atoms with Crippen molar-refractivity contribution in [1.29, 1.82) is 0 Å². The minimum Gasteiger partial charge on any atom is -0.508 e. The van der Waals surface area contributed by atoms with Crippen LogP contribution in [0.4, 0.5) is 0 Å². The van der Waals surface area contributed by atoms with Crippen LogP contribution >= 0.6 is 12.6 Å². The molecule has 8 N–H and O–H groups in total. The molecule has 4 atom stereocenters. The fraction of sp³-hybridized carbons (Fsp3) is 0.522. The predicted octanol–water partition coefficient (Wildman–Crippen LogP) is -0.358. The normalized spacial score (nSPS) is 14.2. The lowest BCUT2D eigenvalue weighted by atomic mass is 10.0. The third kappa shape index (κ3) is 11.0.